The van der Waals surface area contributed by atoms with E-state index < -0.39 is 9.84 Å². The molecule has 2 unspecified atom stereocenters. The highest BCUT2D eigenvalue weighted by atomic mass is 32.2. The van der Waals surface area contributed by atoms with Gasteiger partial charge in [0.25, 0.3) is 0 Å². The van der Waals surface area contributed by atoms with E-state index in [1.165, 1.54) is 0 Å². The van der Waals surface area contributed by atoms with Crippen LogP contribution in [0.4, 0.5) is 0 Å². The number of aromatic nitrogens is 3. The van der Waals surface area contributed by atoms with Crippen LogP contribution in [-0.2, 0) is 16.4 Å². The Morgan fingerprint density at radius 3 is 2.55 bits per heavy atom. The van der Waals surface area contributed by atoms with Crippen LogP contribution in [0.15, 0.2) is 0 Å². The molecule has 6 nitrogen and oxygen atoms in total. The van der Waals surface area contributed by atoms with Gasteiger partial charge in [0, 0.05) is 19.0 Å². The van der Waals surface area contributed by atoms with Crippen molar-refractivity contribution in [3.8, 4) is 0 Å². The number of hydrogen-bond donors (Lipinski definition) is 1. The minimum absolute atomic E-state index is 0.0139. The van der Waals surface area contributed by atoms with Gasteiger partial charge in [-0.25, -0.2) is 8.42 Å². The average molecular weight is 298 g/mol. The average Bonchev–Trinajstić information content (AvgIpc) is 2.90. The molecular weight excluding hydrogens is 276 g/mol. The minimum atomic E-state index is -2.89. The Morgan fingerprint density at radius 2 is 1.95 bits per heavy atom. The Kier molecular flexibility index (Phi) is 3.17. The zero-order valence-electron chi connectivity index (χ0n) is 12.3. The maximum Gasteiger partial charge on any atom is 0.151 e. The summed E-state index contributed by atoms with van der Waals surface area (Å²) in [7, 11) is -2.89. The molecule has 112 valence electrons. The highest BCUT2D eigenvalue weighted by molar-refractivity contribution is 7.91. The first-order valence-corrected chi connectivity index (χ1v) is 8.97. The molecule has 1 N–H and O–H groups in total. The maximum absolute atomic E-state index is 11.7. The molecule has 0 amide bonds. The molecule has 2 aliphatic rings. The number of rotatable bonds is 1. The first kappa shape index (κ1) is 14.0. The van der Waals surface area contributed by atoms with Gasteiger partial charge in [-0.3, -0.25) is 0 Å². The second kappa shape index (κ2) is 4.53. The monoisotopic (exact) mass is 298 g/mol. The normalized spacial score (nSPS) is 29.4. The first-order valence-electron chi connectivity index (χ1n) is 7.15. The fourth-order valence-corrected chi connectivity index (χ4v) is 4.92. The second-order valence-corrected chi connectivity index (χ2v) is 9.15. The molecule has 1 saturated heterocycles. The molecule has 0 aromatic carbocycles. The predicted octanol–water partition coefficient (Wildman–Crippen LogP) is 0.871. The zero-order valence-corrected chi connectivity index (χ0v) is 13.1. The Bertz CT molecular complexity index is 615. The number of nitrogens with one attached hydrogen (secondary N) is 1. The number of hydrogen-bond acceptors (Lipinski definition) is 5. The zero-order chi connectivity index (χ0) is 14.5. The molecule has 0 spiro atoms. The van der Waals surface area contributed by atoms with Crippen molar-refractivity contribution in [3.05, 3.63) is 11.6 Å². The van der Waals surface area contributed by atoms with E-state index in [0.29, 0.717) is 6.42 Å². The van der Waals surface area contributed by atoms with Crippen LogP contribution in [0.2, 0.25) is 0 Å². The van der Waals surface area contributed by atoms with Crippen molar-refractivity contribution in [2.24, 2.45) is 5.41 Å². The summed E-state index contributed by atoms with van der Waals surface area (Å²) in [6.07, 6.45) is 0.675. The maximum atomic E-state index is 11.7. The largest absolute Gasteiger partial charge is 0.312 e. The molecule has 0 aliphatic carbocycles. The van der Waals surface area contributed by atoms with E-state index in [-0.39, 0.29) is 28.9 Å². The molecule has 7 heteroatoms. The Balaban J connectivity index is 1.95. The first-order chi connectivity index (χ1) is 9.28. The number of fused-ring (bicyclic) bond motifs is 1. The molecule has 0 saturated carbocycles. The van der Waals surface area contributed by atoms with Crippen molar-refractivity contribution in [2.75, 3.05) is 18.1 Å². The highest BCUT2D eigenvalue weighted by Gasteiger charge is 2.37. The lowest BCUT2D eigenvalue weighted by Crippen LogP contribution is -2.41. The van der Waals surface area contributed by atoms with Crippen LogP contribution in [0.1, 0.15) is 50.8 Å². The topological polar surface area (TPSA) is 76.9 Å². The van der Waals surface area contributed by atoms with E-state index in [9.17, 15) is 8.42 Å². The third-order valence-corrected chi connectivity index (χ3v) is 5.98. The minimum Gasteiger partial charge on any atom is -0.312 e. The standard InChI is InChI=1S/C13H22N4O2S/c1-13(2,3)10-12-16-15-11(17(12)6-5-14-10)9-4-7-20(18,19)8-9/h9-10,14H,4-8H2,1-3H3. The second-order valence-electron chi connectivity index (χ2n) is 6.92. The van der Waals surface area contributed by atoms with Crippen molar-refractivity contribution >= 4 is 9.84 Å². The van der Waals surface area contributed by atoms with E-state index in [1.807, 2.05) is 0 Å². The summed E-state index contributed by atoms with van der Waals surface area (Å²) in [5, 5.41) is 12.2. The van der Waals surface area contributed by atoms with Crippen molar-refractivity contribution < 1.29 is 8.42 Å². The predicted molar refractivity (Wildman–Crippen MR) is 76.2 cm³/mol. The van der Waals surface area contributed by atoms with Crippen molar-refractivity contribution in [2.45, 2.75) is 45.7 Å². The summed E-state index contributed by atoms with van der Waals surface area (Å²) >= 11 is 0. The van der Waals surface area contributed by atoms with E-state index in [2.05, 4.69) is 40.9 Å². The Morgan fingerprint density at radius 1 is 1.25 bits per heavy atom. The van der Waals surface area contributed by atoms with Crippen LogP contribution in [0.25, 0.3) is 0 Å². The number of sulfone groups is 1. The fraction of sp³-hybridized carbons (Fsp3) is 0.846. The molecule has 3 rings (SSSR count). The van der Waals surface area contributed by atoms with Gasteiger partial charge in [0.05, 0.1) is 17.5 Å². The third kappa shape index (κ3) is 2.37. The smallest absolute Gasteiger partial charge is 0.151 e. The molecular formula is C13H22N4O2S. The van der Waals surface area contributed by atoms with Crippen LogP contribution in [0.5, 0.6) is 0 Å². The molecule has 2 atom stereocenters. The van der Waals surface area contributed by atoms with E-state index in [4.69, 9.17) is 0 Å². The van der Waals surface area contributed by atoms with Crippen molar-refractivity contribution in [1.29, 1.82) is 0 Å². The van der Waals surface area contributed by atoms with Gasteiger partial charge in [-0.1, -0.05) is 20.8 Å². The van der Waals surface area contributed by atoms with E-state index in [1.54, 1.807) is 0 Å². The molecule has 20 heavy (non-hydrogen) atoms. The summed E-state index contributed by atoms with van der Waals surface area (Å²) in [5.41, 5.74) is 0.0597. The quantitative estimate of drug-likeness (QED) is 0.832. The lowest BCUT2D eigenvalue weighted by Gasteiger charge is -2.34. The molecule has 3 heterocycles. The van der Waals surface area contributed by atoms with Crippen molar-refractivity contribution in [1.82, 2.24) is 20.1 Å². The van der Waals surface area contributed by atoms with Crippen LogP contribution in [-0.4, -0.2) is 41.2 Å². The van der Waals surface area contributed by atoms with Crippen molar-refractivity contribution in [3.63, 3.8) is 0 Å². The van der Waals surface area contributed by atoms with E-state index >= 15 is 0 Å². The van der Waals surface area contributed by atoms with Crippen LogP contribution in [0, 0.1) is 5.41 Å². The molecule has 1 aromatic rings. The van der Waals surface area contributed by atoms with Gasteiger partial charge in [0.15, 0.2) is 15.7 Å². The number of nitrogens with zero attached hydrogens (tertiary/aromatic N) is 3. The van der Waals surface area contributed by atoms with Gasteiger partial charge in [0.2, 0.25) is 0 Å². The summed E-state index contributed by atoms with van der Waals surface area (Å²) in [6, 6.07) is 0.163. The van der Waals surface area contributed by atoms with Gasteiger partial charge in [-0.15, -0.1) is 10.2 Å². The Hall–Kier alpha value is -0.950. The van der Waals surface area contributed by atoms with Gasteiger partial charge in [0.1, 0.15) is 5.82 Å². The summed E-state index contributed by atoms with van der Waals surface area (Å²) in [5.74, 6) is 2.32. The molecule has 1 aromatic heterocycles. The molecule has 0 bridgehead atoms. The summed E-state index contributed by atoms with van der Waals surface area (Å²) in [6.45, 7) is 8.22. The van der Waals surface area contributed by atoms with Crippen LogP contribution < -0.4 is 5.32 Å². The van der Waals surface area contributed by atoms with Gasteiger partial charge >= 0.3 is 0 Å². The molecule has 0 radical (unpaired) electrons. The van der Waals surface area contributed by atoms with Crippen LogP contribution >= 0.6 is 0 Å². The van der Waals surface area contributed by atoms with Gasteiger partial charge in [-0.05, 0) is 11.8 Å². The third-order valence-electron chi connectivity index (χ3n) is 4.21. The SMILES string of the molecule is CC(C)(C)C1NCCn2c(C3CCS(=O)(=O)C3)nnc21. The highest BCUT2D eigenvalue weighted by Crippen LogP contribution is 2.36. The lowest BCUT2D eigenvalue weighted by atomic mass is 9.85. The molecule has 2 aliphatic heterocycles. The van der Waals surface area contributed by atoms with Crippen LogP contribution in [0.3, 0.4) is 0 Å². The fourth-order valence-electron chi connectivity index (χ4n) is 3.18. The van der Waals surface area contributed by atoms with E-state index in [0.717, 1.165) is 24.7 Å². The lowest BCUT2D eigenvalue weighted by molar-refractivity contribution is 0.231. The van der Waals surface area contributed by atoms with Gasteiger partial charge in [-0.2, -0.15) is 0 Å². The summed E-state index contributed by atoms with van der Waals surface area (Å²) in [4.78, 5) is 0. The Labute approximate surface area is 119 Å². The van der Waals surface area contributed by atoms with Gasteiger partial charge < -0.3 is 9.88 Å². The summed E-state index contributed by atoms with van der Waals surface area (Å²) < 4.78 is 25.5. The molecule has 1 fully saturated rings.